The molecule has 1 unspecified atom stereocenters. The minimum atomic E-state index is -0.517. The molecule has 1 aromatic rings. The average Bonchev–Trinajstić information content (AvgIpc) is 2.31. The van der Waals surface area contributed by atoms with Crippen molar-refractivity contribution in [2.75, 3.05) is 20.6 Å². The van der Waals surface area contributed by atoms with Gasteiger partial charge in [-0.1, -0.05) is 30.3 Å². The van der Waals surface area contributed by atoms with Gasteiger partial charge in [-0.2, -0.15) is 0 Å². The van der Waals surface area contributed by atoms with E-state index in [0.29, 0.717) is 12.5 Å². The van der Waals surface area contributed by atoms with Crippen LogP contribution in [0.1, 0.15) is 11.7 Å². The summed E-state index contributed by atoms with van der Waals surface area (Å²) in [4.78, 5) is 3.96. The van der Waals surface area contributed by atoms with Gasteiger partial charge in [0.1, 0.15) is 0 Å². The van der Waals surface area contributed by atoms with Crippen molar-refractivity contribution < 1.29 is 5.11 Å². The first-order valence-corrected chi connectivity index (χ1v) is 4.89. The van der Waals surface area contributed by atoms with Crippen LogP contribution in [0, 0.1) is 0 Å². The number of nitrogens with one attached hydrogen (secondary N) is 2. The maximum absolute atomic E-state index is 9.82. The van der Waals surface area contributed by atoms with E-state index < -0.39 is 6.10 Å². The molecule has 0 aliphatic rings. The number of guanidine groups is 1. The lowest BCUT2D eigenvalue weighted by atomic mass is 10.1. The Kier molecular flexibility index (Phi) is 4.63. The van der Waals surface area contributed by atoms with Crippen LogP contribution in [0.3, 0.4) is 0 Å². The Morgan fingerprint density at radius 2 is 2.07 bits per heavy atom. The summed E-state index contributed by atoms with van der Waals surface area (Å²) in [5, 5.41) is 15.7. The van der Waals surface area contributed by atoms with Gasteiger partial charge in [-0.3, -0.25) is 4.99 Å². The molecule has 0 amide bonds. The van der Waals surface area contributed by atoms with Crippen molar-refractivity contribution in [2.24, 2.45) is 4.99 Å². The Bertz CT molecular complexity index is 311. The highest BCUT2D eigenvalue weighted by molar-refractivity contribution is 5.79. The summed E-state index contributed by atoms with van der Waals surface area (Å²) >= 11 is 0. The number of nitrogens with zero attached hydrogens (tertiary/aromatic N) is 1. The molecular weight excluding hydrogens is 190 g/mol. The Labute approximate surface area is 90.0 Å². The fourth-order valence-electron chi connectivity index (χ4n) is 1.27. The van der Waals surface area contributed by atoms with E-state index in [1.807, 2.05) is 30.3 Å². The smallest absolute Gasteiger partial charge is 0.190 e. The van der Waals surface area contributed by atoms with Gasteiger partial charge in [-0.25, -0.2) is 0 Å². The molecule has 0 bridgehead atoms. The second kappa shape index (κ2) is 6.03. The largest absolute Gasteiger partial charge is 0.387 e. The van der Waals surface area contributed by atoms with Crippen LogP contribution in [0.25, 0.3) is 0 Å². The molecule has 1 rings (SSSR count). The Morgan fingerprint density at radius 1 is 1.40 bits per heavy atom. The highest BCUT2D eigenvalue weighted by Gasteiger charge is 2.06. The van der Waals surface area contributed by atoms with Crippen LogP contribution >= 0.6 is 0 Å². The quantitative estimate of drug-likeness (QED) is 0.500. The second-order valence-corrected chi connectivity index (χ2v) is 3.13. The van der Waals surface area contributed by atoms with E-state index in [0.717, 1.165) is 5.56 Å². The second-order valence-electron chi connectivity index (χ2n) is 3.13. The van der Waals surface area contributed by atoms with Crippen molar-refractivity contribution in [3.05, 3.63) is 35.9 Å². The van der Waals surface area contributed by atoms with Gasteiger partial charge in [0.2, 0.25) is 0 Å². The third-order valence-electron chi connectivity index (χ3n) is 2.11. The summed E-state index contributed by atoms with van der Waals surface area (Å²) in [6, 6.07) is 9.54. The Hall–Kier alpha value is -1.55. The normalized spacial score (nSPS) is 13.4. The molecule has 3 N–H and O–H groups in total. The monoisotopic (exact) mass is 207 g/mol. The van der Waals surface area contributed by atoms with Crippen molar-refractivity contribution in [3.8, 4) is 0 Å². The summed E-state index contributed by atoms with van der Waals surface area (Å²) in [5.41, 5.74) is 0.900. The first kappa shape index (κ1) is 11.5. The van der Waals surface area contributed by atoms with E-state index in [-0.39, 0.29) is 0 Å². The molecule has 82 valence electrons. The van der Waals surface area contributed by atoms with Gasteiger partial charge in [0.25, 0.3) is 0 Å². The summed E-state index contributed by atoms with van der Waals surface area (Å²) in [5.74, 6) is 0.671. The van der Waals surface area contributed by atoms with Crippen LogP contribution in [0.15, 0.2) is 35.3 Å². The lowest BCUT2D eigenvalue weighted by Gasteiger charge is -2.13. The van der Waals surface area contributed by atoms with Crippen LogP contribution in [-0.4, -0.2) is 31.7 Å². The van der Waals surface area contributed by atoms with Crippen molar-refractivity contribution in [1.29, 1.82) is 0 Å². The zero-order valence-corrected chi connectivity index (χ0v) is 9.07. The van der Waals surface area contributed by atoms with E-state index in [9.17, 15) is 5.11 Å². The van der Waals surface area contributed by atoms with Crippen molar-refractivity contribution >= 4 is 5.96 Å². The first-order chi connectivity index (χ1) is 7.27. The third-order valence-corrected chi connectivity index (χ3v) is 2.11. The van der Waals surface area contributed by atoms with Crippen molar-refractivity contribution in [2.45, 2.75) is 6.10 Å². The van der Waals surface area contributed by atoms with Crippen LogP contribution in [0.4, 0.5) is 0 Å². The maximum atomic E-state index is 9.82. The van der Waals surface area contributed by atoms with E-state index in [1.54, 1.807) is 14.1 Å². The standard InChI is InChI=1S/C11H17N3O/c1-12-11(13-2)14-8-10(15)9-6-4-3-5-7-9/h3-7,10,15H,8H2,1-2H3,(H2,12,13,14). The van der Waals surface area contributed by atoms with Crippen molar-refractivity contribution in [3.63, 3.8) is 0 Å². The lowest BCUT2D eigenvalue weighted by molar-refractivity contribution is 0.181. The molecule has 0 radical (unpaired) electrons. The van der Waals surface area contributed by atoms with Gasteiger partial charge in [-0.05, 0) is 5.56 Å². The van der Waals surface area contributed by atoms with E-state index >= 15 is 0 Å². The zero-order valence-electron chi connectivity index (χ0n) is 9.07. The zero-order chi connectivity index (χ0) is 11.1. The molecule has 15 heavy (non-hydrogen) atoms. The fourth-order valence-corrected chi connectivity index (χ4v) is 1.27. The van der Waals surface area contributed by atoms with Crippen LogP contribution in [0.2, 0.25) is 0 Å². The maximum Gasteiger partial charge on any atom is 0.190 e. The van der Waals surface area contributed by atoms with E-state index in [4.69, 9.17) is 0 Å². The van der Waals surface area contributed by atoms with Gasteiger partial charge in [0.15, 0.2) is 5.96 Å². The molecule has 0 aromatic heterocycles. The van der Waals surface area contributed by atoms with Gasteiger partial charge in [0, 0.05) is 20.6 Å². The summed E-state index contributed by atoms with van der Waals surface area (Å²) in [7, 11) is 3.47. The summed E-state index contributed by atoms with van der Waals surface area (Å²) in [6.45, 7) is 0.442. The Morgan fingerprint density at radius 3 is 2.60 bits per heavy atom. The highest BCUT2D eigenvalue weighted by atomic mass is 16.3. The average molecular weight is 207 g/mol. The number of benzene rings is 1. The van der Waals surface area contributed by atoms with Gasteiger partial charge in [-0.15, -0.1) is 0 Å². The van der Waals surface area contributed by atoms with Gasteiger partial charge >= 0.3 is 0 Å². The molecule has 0 saturated carbocycles. The van der Waals surface area contributed by atoms with E-state index in [1.165, 1.54) is 0 Å². The molecule has 0 saturated heterocycles. The van der Waals surface area contributed by atoms with E-state index in [2.05, 4.69) is 15.6 Å². The number of aliphatic hydroxyl groups excluding tert-OH is 1. The minimum absolute atomic E-state index is 0.442. The lowest BCUT2D eigenvalue weighted by Crippen LogP contribution is -2.37. The summed E-state index contributed by atoms with van der Waals surface area (Å²) in [6.07, 6.45) is -0.517. The predicted molar refractivity (Wildman–Crippen MR) is 61.8 cm³/mol. The number of aliphatic hydroxyl groups is 1. The fraction of sp³-hybridized carbons (Fsp3) is 0.364. The van der Waals surface area contributed by atoms with Gasteiger partial charge < -0.3 is 15.7 Å². The summed E-state index contributed by atoms with van der Waals surface area (Å²) < 4.78 is 0. The minimum Gasteiger partial charge on any atom is -0.387 e. The topological polar surface area (TPSA) is 56.7 Å². The molecular formula is C11H17N3O. The Balaban J connectivity index is 2.47. The first-order valence-electron chi connectivity index (χ1n) is 4.89. The number of aliphatic imine (C=N–C) groups is 1. The molecule has 0 heterocycles. The third kappa shape index (κ3) is 3.59. The van der Waals surface area contributed by atoms with Crippen LogP contribution < -0.4 is 10.6 Å². The molecule has 1 atom stereocenters. The molecule has 4 nitrogen and oxygen atoms in total. The van der Waals surface area contributed by atoms with Gasteiger partial charge in [0.05, 0.1) is 6.10 Å². The van der Waals surface area contributed by atoms with Crippen molar-refractivity contribution in [1.82, 2.24) is 10.6 Å². The highest BCUT2D eigenvalue weighted by Crippen LogP contribution is 2.10. The van der Waals surface area contributed by atoms with Crippen LogP contribution in [0.5, 0.6) is 0 Å². The number of hydrogen-bond donors (Lipinski definition) is 3. The molecule has 0 spiro atoms. The number of hydrogen-bond acceptors (Lipinski definition) is 2. The molecule has 4 heteroatoms. The SMILES string of the molecule is CN=C(NC)NCC(O)c1ccccc1. The molecule has 1 aromatic carbocycles. The predicted octanol–water partition coefficient (Wildman–Crippen LogP) is 0.515. The molecule has 0 aliphatic carbocycles. The molecule has 0 aliphatic heterocycles. The molecule has 0 fully saturated rings. The van der Waals surface area contributed by atoms with Crippen LogP contribution in [-0.2, 0) is 0 Å². The number of rotatable bonds is 3.